The summed E-state index contributed by atoms with van der Waals surface area (Å²) < 4.78 is 5.32. The van der Waals surface area contributed by atoms with Crippen molar-refractivity contribution in [2.24, 2.45) is 0 Å². The van der Waals surface area contributed by atoms with Gasteiger partial charge in [-0.05, 0) is 44.5 Å². The summed E-state index contributed by atoms with van der Waals surface area (Å²) in [6.07, 6.45) is 3.28. The van der Waals surface area contributed by atoms with Crippen LogP contribution in [0.4, 0.5) is 5.82 Å². The number of anilines is 1. The molecule has 0 saturated carbocycles. The topological polar surface area (TPSA) is 84.3 Å². The fourth-order valence-corrected chi connectivity index (χ4v) is 3.03. The molecule has 6 heteroatoms. The number of nitrogens with zero attached hydrogens (tertiary/aromatic N) is 2. The van der Waals surface area contributed by atoms with Crippen LogP contribution in [0.25, 0.3) is 11.3 Å². The van der Waals surface area contributed by atoms with Gasteiger partial charge in [0.05, 0.1) is 24.4 Å². The van der Waals surface area contributed by atoms with Crippen LogP contribution in [0.1, 0.15) is 30.5 Å². The molecule has 0 radical (unpaired) electrons. The van der Waals surface area contributed by atoms with E-state index in [9.17, 15) is 9.90 Å². The Balaban J connectivity index is 1.81. The molecule has 3 aromatic rings. The summed E-state index contributed by atoms with van der Waals surface area (Å²) in [6, 6.07) is 13.9. The van der Waals surface area contributed by atoms with Crippen molar-refractivity contribution in [3.8, 4) is 17.0 Å². The Morgan fingerprint density at radius 1 is 1.14 bits per heavy atom. The lowest BCUT2D eigenvalue weighted by Gasteiger charge is -2.22. The second kappa shape index (κ2) is 8.31. The maximum Gasteiger partial charge on any atom is 0.313 e. The molecule has 0 spiro atoms. The van der Waals surface area contributed by atoms with Gasteiger partial charge in [0.1, 0.15) is 11.6 Å². The van der Waals surface area contributed by atoms with E-state index >= 15 is 0 Å². The number of aryl methyl sites for hydroxylation is 1. The van der Waals surface area contributed by atoms with E-state index in [1.807, 2.05) is 18.2 Å². The first-order valence-corrected chi connectivity index (χ1v) is 9.35. The zero-order valence-electron chi connectivity index (χ0n) is 17.1. The zero-order valence-corrected chi connectivity index (χ0v) is 17.1. The molecule has 0 atom stereocenters. The highest BCUT2D eigenvalue weighted by Crippen LogP contribution is 2.34. The van der Waals surface area contributed by atoms with Gasteiger partial charge in [-0.25, -0.2) is 4.98 Å². The fraction of sp³-hybridized carbons (Fsp3) is 0.261. The molecule has 0 amide bonds. The average molecular weight is 391 g/mol. The van der Waals surface area contributed by atoms with Crippen LogP contribution in [0.5, 0.6) is 5.75 Å². The number of ether oxygens (including phenoxy) is 1. The minimum absolute atomic E-state index is 0.450. The largest absolute Gasteiger partial charge is 0.495 e. The van der Waals surface area contributed by atoms with Crippen molar-refractivity contribution >= 4 is 11.8 Å². The highest BCUT2D eigenvalue weighted by molar-refractivity contribution is 5.82. The Morgan fingerprint density at radius 3 is 2.55 bits per heavy atom. The van der Waals surface area contributed by atoms with Crippen molar-refractivity contribution in [1.82, 2.24) is 9.97 Å². The molecule has 2 N–H and O–H groups in total. The van der Waals surface area contributed by atoms with Crippen LogP contribution in [0, 0.1) is 6.92 Å². The SMILES string of the molecule is COc1cnc(-c2ccc(NCc3cccc(C)c3)nc2)cc1C(C)(C)C(=O)O. The minimum Gasteiger partial charge on any atom is -0.495 e. The lowest BCUT2D eigenvalue weighted by Crippen LogP contribution is -2.29. The predicted molar refractivity (Wildman–Crippen MR) is 113 cm³/mol. The number of carbonyl (C=O) groups is 1. The second-order valence-electron chi connectivity index (χ2n) is 7.47. The summed E-state index contributed by atoms with van der Waals surface area (Å²) in [5, 5.41) is 12.9. The smallest absolute Gasteiger partial charge is 0.313 e. The molecule has 150 valence electrons. The molecule has 0 aliphatic rings. The van der Waals surface area contributed by atoms with Crippen LogP contribution in [0.15, 0.2) is 54.9 Å². The number of hydrogen-bond acceptors (Lipinski definition) is 5. The molecule has 0 aliphatic carbocycles. The lowest BCUT2D eigenvalue weighted by atomic mass is 9.84. The molecule has 3 rings (SSSR count). The minimum atomic E-state index is -1.11. The first kappa shape index (κ1) is 20.3. The third-order valence-electron chi connectivity index (χ3n) is 4.91. The van der Waals surface area contributed by atoms with E-state index < -0.39 is 11.4 Å². The normalized spacial score (nSPS) is 11.2. The van der Waals surface area contributed by atoms with Crippen molar-refractivity contribution in [1.29, 1.82) is 0 Å². The van der Waals surface area contributed by atoms with Gasteiger partial charge in [-0.15, -0.1) is 0 Å². The van der Waals surface area contributed by atoms with Gasteiger partial charge in [-0.3, -0.25) is 9.78 Å². The van der Waals surface area contributed by atoms with E-state index in [0.29, 0.717) is 23.6 Å². The molecule has 6 nitrogen and oxygen atoms in total. The van der Waals surface area contributed by atoms with E-state index in [1.54, 1.807) is 32.3 Å². The van der Waals surface area contributed by atoms with Gasteiger partial charge in [0.25, 0.3) is 0 Å². The number of nitrogens with one attached hydrogen (secondary N) is 1. The van der Waals surface area contributed by atoms with Crippen molar-refractivity contribution in [2.75, 3.05) is 12.4 Å². The molecule has 2 aromatic heterocycles. The van der Waals surface area contributed by atoms with E-state index in [-0.39, 0.29) is 0 Å². The molecule has 0 unspecified atom stereocenters. The number of methoxy groups -OCH3 is 1. The highest BCUT2D eigenvalue weighted by Gasteiger charge is 2.33. The van der Waals surface area contributed by atoms with Gasteiger partial charge in [-0.1, -0.05) is 29.8 Å². The Kier molecular flexibility index (Phi) is 5.82. The third kappa shape index (κ3) is 4.54. The lowest BCUT2D eigenvalue weighted by molar-refractivity contribution is -0.142. The predicted octanol–water partition coefficient (Wildman–Crippen LogP) is 4.43. The Hall–Kier alpha value is -3.41. The van der Waals surface area contributed by atoms with Gasteiger partial charge >= 0.3 is 5.97 Å². The molecule has 1 aromatic carbocycles. The van der Waals surface area contributed by atoms with Crippen molar-refractivity contribution in [3.63, 3.8) is 0 Å². The summed E-state index contributed by atoms with van der Waals surface area (Å²) in [6.45, 7) is 6.05. The van der Waals surface area contributed by atoms with E-state index in [2.05, 4.69) is 40.4 Å². The van der Waals surface area contributed by atoms with E-state index in [4.69, 9.17) is 4.74 Å². The molecule has 0 saturated heterocycles. The highest BCUT2D eigenvalue weighted by atomic mass is 16.5. The number of pyridine rings is 2. The maximum absolute atomic E-state index is 11.7. The number of carboxylic acid groups (broad SMARTS) is 1. The molecule has 29 heavy (non-hydrogen) atoms. The summed E-state index contributed by atoms with van der Waals surface area (Å²) in [7, 11) is 1.51. The summed E-state index contributed by atoms with van der Waals surface area (Å²) in [4.78, 5) is 20.6. The fourth-order valence-electron chi connectivity index (χ4n) is 3.03. The summed E-state index contributed by atoms with van der Waals surface area (Å²) >= 11 is 0. The standard InChI is InChI=1S/C23H25N3O3/c1-15-6-5-7-16(10-15)12-25-21-9-8-17(13-26-21)19-11-18(20(29-4)14-24-19)23(2,3)22(27)28/h5-11,13-14H,12H2,1-4H3,(H,25,26)(H,27,28). The molecular weight excluding hydrogens is 366 g/mol. The van der Waals surface area contributed by atoms with Crippen molar-refractivity contribution in [3.05, 3.63) is 71.5 Å². The molecular formula is C23H25N3O3. The van der Waals surface area contributed by atoms with Crippen LogP contribution in [0.3, 0.4) is 0 Å². The second-order valence-corrected chi connectivity index (χ2v) is 7.47. The number of carboxylic acids is 1. The molecule has 0 fully saturated rings. The van der Waals surface area contributed by atoms with Crippen molar-refractivity contribution < 1.29 is 14.6 Å². The number of benzene rings is 1. The van der Waals surface area contributed by atoms with Gasteiger partial charge in [-0.2, -0.15) is 0 Å². The van der Waals surface area contributed by atoms with Gasteiger partial charge < -0.3 is 15.2 Å². The van der Waals surface area contributed by atoms with Crippen molar-refractivity contribution in [2.45, 2.75) is 32.7 Å². The Labute approximate surface area is 170 Å². The van der Waals surface area contributed by atoms with Crippen LogP contribution < -0.4 is 10.1 Å². The first-order chi connectivity index (χ1) is 13.8. The monoisotopic (exact) mass is 391 g/mol. The quantitative estimate of drug-likeness (QED) is 0.620. The van der Waals surface area contributed by atoms with Gasteiger partial charge in [0.15, 0.2) is 0 Å². The zero-order chi connectivity index (χ0) is 21.0. The molecule has 2 heterocycles. The average Bonchev–Trinajstić information content (AvgIpc) is 2.72. The summed E-state index contributed by atoms with van der Waals surface area (Å²) in [5.41, 5.74) is 3.32. The van der Waals surface area contributed by atoms with Crippen LogP contribution in [0.2, 0.25) is 0 Å². The Morgan fingerprint density at radius 2 is 1.93 bits per heavy atom. The van der Waals surface area contributed by atoms with Gasteiger partial charge in [0.2, 0.25) is 0 Å². The van der Waals surface area contributed by atoms with E-state index in [0.717, 1.165) is 11.4 Å². The molecule has 0 aliphatic heterocycles. The Bertz CT molecular complexity index is 1010. The third-order valence-corrected chi connectivity index (χ3v) is 4.91. The molecule has 0 bridgehead atoms. The van der Waals surface area contributed by atoms with Crippen LogP contribution in [-0.4, -0.2) is 28.2 Å². The van der Waals surface area contributed by atoms with Crippen LogP contribution in [-0.2, 0) is 16.8 Å². The number of aromatic nitrogens is 2. The number of rotatable bonds is 7. The number of hydrogen-bond donors (Lipinski definition) is 2. The summed E-state index contributed by atoms with van der Waals surface area (Å²) in [5.74, 6) is 0.280. The first-order valence-electron chi connectivity index (χ1n) is 9.35. The van der Waals surface area contributed by atoms with Gasteiger partial charge in [0, 0.05) is 23.9 Å². The maximum atomic E-state index is 11.7. The number of aliphatic carboxylic acids is 1. The van der Waals surface area contributed by atoms with Crippen LogP contribution >= 0.6 is 0 Å². The van der Waals surface area contributed by atoms with E-state index in [1.165, 1.54) is 18.2 Å².